The molecule has 0 amide bonds. The van der Waals surface area contributed by atoms with Crippen LogP contribution in [0.1, 0.15) is 26.2 Å². The molecule has 0 fully saturated rings. The molecule has 0 aliphatic rings. The van der Waals surface area contributed by atoms with Gasteiger partial charge in [-0.15, -0.1) is 0 Å². The Morgan fingerprint density at radius 2 is 1.53 bits per heavy atom. The lowest BCUT2D eigenvalue weighted by atomic mass is 10.0. The van der Waals surface area contributed by atoms with Crippen molar-refractivity contribution in [2.45, 2.75) is 50.6 Å². The highest BCUT2D eigenvalue weighted by Crippen LogP contribution is 2.04. The van der Waals surface area contributed by atoms with Crippen molar-refractivity contribution >= 4 is 0 Å². The van der Waals surface area contributed by atoms with E-state index in [9.17, 15) is 15.3 Å². The fourth-order valence-electron chi connectivity index (χ4n) is 1.43. The molecule has 4 atom stereocenters. The first-order valence-corrected chi connectivity index (χ1v) is 6.08. The van der Waals surface area contributed by atoms with E-state index in [1.54, 1.807) is 0 Å². The van der Waals surface area contributed by atoms with Crippen LogP contribution in [0.15, 0.2) is 0 Å². The molecule has 0 aliphatic heterocycles. The fourth-order valence-corrected chi connectivity index (χ4v) is 1.43. The summed E-state index contributed by atoms with van der Waals surface area (Å²) in [6, 6.07) is 0. The first kappa shape index (κ1) is 16.8. The van der Waals surface area contributed by atoms with Gasteiger partial charge in [-0.05, 0) is 13.0 Å². The Morgan fingerprint density at radius 3 is 2.06 bits per heavy atom. The molecule has 6 N–H and O–H groups in total. The van der Waals surface area contributed by atoms with E-state index in [0.717, 1.165) is 25.8 Å². The lowest BCUT2D eigenvalue weighted by Crippen LogP contribution is -2.49. The fraction of sp³-hybridized carbons (Fsp3) is 1.00. The normalized spacial score (nSPS) is 18.7. The first-order valence-electron chi connectivity index (χ1n) is 6.08. The van der Waals surface area contributed by atoms with Crippen molar-refractivity contribution < 1.29 is 25.5 Å². The van der Waals surface area contributed by atoms with Gasteiger partial charge in [-0.3, -0.25) is 0 Å². The summed E-state index contributed by atoms with van der Waals surface area (Å²) in [6.45, 7) is 2.30. The molecule has 4 unspecified atom stereocenters. The van der Waals surface area contributed by atoms with E-state index in [0.29, 0.717) is 0 Å². The summed E-state index contributed by atoms with van der Waals surface area (Å²) in [4.78, 5) is 0. The highest BCUT2D eigenvalue weighted by Gasteiger charge is 2.29. The molecule has 6 nitrogen and oxygen atoms in total. The van der Waals surface area contributed by atoms with E-state index >= 15 is 0 Å². The van der Waals surface area contributed by atoms with Crippen LogP contribution in [0.4, 0.5) is 0 Å². The second-order valence-electron chi connectivity index (χ2n) is 4.21. The lowest BCUT2D eigenvalue weighted by Gasteiger charge is -2.25. The highest BCUT2D eigenvalue weighted by atomic mass is 16.4. The van der Waals surface area contributed by atoms with Crippen LogP contribution in [-0.4, -0.2) is 69.6 Å². The summed E-state index contributed by atoms with van der Waals surface area (Å²) in [5.41, 5.74) is 0. The zero-order chi connectivity index (χ0) is 13.3. The Kier molecular flexibility index (Phi) is 9.62. The Hall–Kier alpha value is -0.240. The topological polar surface area (TPSA) is 113 Å². The molecule has 0 saturated carbocycles. The Labute approximate surface area is 102 Å². The summed E-state index contributed by atoms with van der Waals surface area (Å²) < 4.78 is 0. The van der Waals surface area contributed by atoms with Gasteiger partial charge in [-0.1, -0.05) is 19.8 Å². The van der Waals surface area contributed by atoms with Crippen molar-refractivity contribution in [1.29, 1.82) is 0 Å². The summed E-state index contributed by atoms with van der Waals surface area (Å²) in [7, 11) is 0. The third-order valence-electron chi connectivity index (χ3n) is 2.64. The van der Waals surface area contributed by atoms with Gasteiger partial charge in [0.15, 0.2) is 0 Å². The van der Waals surface area contributed by atoms with Crippen LogP contribution >= 0.6 is 0 Å². The SMILES string of the molecule is CCCCCNCC(O)C(O)C(O)C(O)CO. The van der Waals surface area contributed by atoms with Crippen LogP contribution < -0.4 is 5.32 Å². The average Bonchev–Trinajstić information content (AvgIpc) is 2.35. The van der Waals surface area contributed by atoms with Gasteiger partial charge in [-0.2, -0.15) is 0 Å². The molecule has 17 heavy (non-hydrogen) atoms. The maximum atomic E-state index is 9.52. The summed E-state index contributed by atoms with van der Waals surface area (Å²) >= 11 is 0. The van der Waals surface area contributed by atoms with E-state index in [-0.39, 0.29) is 6.54 Å². The predicted molar refractivity (Wildman–Crippen MR) is 63.5 cm³/mol. The average molecular weight is 251 g/mol. The number of hydrogen-bond donors (Lipinski definition) is 6. The Bertz CT molecular complexity index is 181. The quantitative estimate of drug-likeness (QED) is 0.255. The highest BCUT2D eigenvalue weighted by molar-refractivity contribution is 4.81. The standard InChI is InChI=1S/C11H25NO5/c1-2-3-4-5-12-6-8(14)10(16)11(17)9(15)7-13/h8-17H,2-7H2,1H3. The van der Waals surface area contributed by atoms with Gasteiger partial charge in [0, 0.05) is 6.54 Å². The van der Waals surface area contributed by atoms with E-state index in [4.69, 9.17) is 10.2 Å². The molecule has 104 valence electrons. The lowest BCUT2D eigenvalue weighted by molar-refractivity contribution is -0.113. The summed E-state index contributed by atoms with van der Waals surface area (Å²) in [5, 5.41) is 49.0. The number of unbranched alkanes of at least 4 members (excludes halogenated alkanes) is 2. The van der Waals surface area contributed by atoms with Crippen molar-refractivity contribution in [2.24, 2.45) is 0 Å². The second kappa shape index (κ2) is 9.76. The van der Waals surface area contributed by atoms with E-state index in [2.05, 4.69) is 12.2 Å². The van der Waals surface area contributed by atoms with Gasteiger partial charge in [0.1, 0.15) is 18.3 Å². The molecular formula is C11H25NO5. The minimum Gasteiger partial charge on any atom is -0.394 e. The summed E-state index contributed by atoms with van der Waals surface area (Å²) in [6.07, 6.45) is -2.46. The summed E-state index contributed by atoms with van der Waals surface area (Å²) in [5.74, 6) is 0. The number of rotatable bonds is 10. The minimum atomic E-state index is -1.55. The Balaban J connectivity index is 3.76. The van der Waals surface area contributed by atoms with E-state index < -0.39 is 31.0 Å². The molecule has 0 aromatic carbocycles. The van der Waals surface area contributed by atoms with Crippen molar-refractivity contribution in [2.75, 3.05) is 19.7 Å². The predicted octanol–water partition coefficient (Wildman–Crippen LogP) is -1.80. The third-order valence-corrected chi connectivity index (χ3v) is 2.64. The van der Waals surface area contributed by atoms with Crippen molar-refractivity contribution in [1.82, 2.24) is 5.32 Å². The van der Waals surface area contributed by atoms with Gasteiger partial charge >= 0.3 is 0 Å². The molecule has 0 aromatic heterocycles. The smallest absolute Gasteiger partial charge is 0.111 e. The van der Waals surface area contributed by atoms with Crippen molar-refractivity contribution in [3.05, 3.63) is 0 Å². The van der Waals surface area contributed by atoms with Crippen molar-refractivity contribution in [3.63, 3.8) is 0 Å². The Morgan fingerprint density at radius 1 is 0.941 bits per heavy atom. The molecule has 0 spiro atoms. The first-order chi connectivity index (χ1) is 8.04. The molecule has 0 radical (unpaired) electrons. The van der Waals surface area contributed by atoms with Gasteiger partial charge in [0.05, 0.1) is 12.7 Å². The second-order valence-corrected chi connectivity index (χ2v) is 4.21. The number of hydrogen-bond acceptors (Lipinski definition) is 6. The van der Waals surface area contributed by atoms with Crippen LogP contribution in [0.5, 0.6) is 0 Å². The van der Waals surface area contributed by atoms with E-state index in [1.807, 2.05) is 0 Å². The minimum absolute atomic E-state index is 0.139. The zero-order valence-electron chi connectivity index (χ0n) is 10.3. The molecule has 0 rings (SSSR count). The zero-order valence-corrected chi connectivity index (χ0v) is 10.3. The molecule has 0 aliphatic carbocycles. The van der Waals surface area contributed by atoms with E-state index in [1.165, 1.54) is 0 Å². The van der Waals surface area contributed by atoms with Gasteiger partial charge in [0.25, 0.3) is 0 Å². The van der Waals surface area contributed by atoms with Crippen molar-refractivity contribution in [3.8, 4) is 0 Å². The van der Waals surface area contributed by atoms with Gasteiger partial charge in [-0.25, -0.2) is 0 Å². The van der Waals surface area contributed by atoms with Gasteiger partial charge < -0.3 is 30.8 Å². The number of nitrogens with one attached hydrogen (secondary N) is 1. The molecule has 0 bridgehead atoms. The number of aliphatic hydroxyl groups excluding tert-OH is 5. The van der Waals surface area contributed by atoms with Crippen LogP contribution in [0.3, 0.4) is 0 Å². The van der Waals surface area contributed by atoms with Crippen LogP contribution in [0, 0.1) is 0 Å². The number of aliphatic hydroxyl groups is 5. The van der Waals surface area contributed by atoms with Gasteiger partial charge in [0.2, 0.25) is 0 Å². The van der Waals surface area contributed by atoms with Crippen LogP contribution in [0.2, 0.25) is 0 Å². The molecular weight excluding hydrogens is 226 g/mol. The molecule has 0 aromatic rings. The van der Waals surface area contributed by atoms with Crippen LogP contribution in [-0.2, 0) is 0 Å². The third kappa shape index (κ3) is 6.92. The maximum Gasteiger partial charge on any atom is 0.111 e. The maximum absolute atomic E-state index is 9.52. The molecule has 0 saturated heterocycles. The monoisotopic (exact) mass is 251 g/mol. The molecule has 6 heteroatoms. The molecule has 0 heterocycles. The largest absolute Gasteiger partial charge is 0.394 e. The van der Waals surface area contributed by atoms with Crippen LogP contribution in [0.25, 0.3) is 0 Å².